The number of rotatable bonds is 5. The van der Waals surface area contributed by atoms with Crippen molar-refractivity contribution in [2.45, 2.75) is 26.4 Å². The van der Waals surface area contributed by atoms with Crippen molar-refractivity contribution >= 4 is 11.6 Å². The summed E-state index contributed by atoms with van der Waals surface area (Å²) in [5, 5.41) is 4.22. The topological polar surface area (TPSA) is 21.3 Å². The maximum absolute atomic E-state index is 6.24. The van der Waals surface area contributed by atoms with Crippen LogP contribution in [0.1, 0.15) is 29.7 Å². The Labute approximate surface area is 125 Å². The van der Waals surface area contributed by atoms with Crippen LogP contribution in [0.2, 0.25) is 5.02 Å². The molecule has 1 N–H and O–H groups in total. The van der Waals surface area contributed by atoms with Crippen molar-refractivity contribution in [3.63, 3.8) is 0 Å². The number of nitrogens with one attached hydrogen (secondary N) is 1. The molecule has 0 aromatic heterocycles. The standard InChI is InChI=1S/C17H20ClNO/c1-12-6-4-7-14(10-12)13(2)19-11-15-16(18)8-5-9-17(15)20-3/h4-10,13,19H,11H2,1-3H3. The zero-order valence-electron chi connectivity index (χ0n) is 12.1. The van der Waals surface area contributed by atoms with E-state index in [4.69, 9.17) is 16.3 Å². The molecular formula is C17H20ClNO. The molecule has 0 heterocycles. The Balaban J connectivity index is 2.09. The number of aryl methyl sites for hydroxylation is 1. The lowest BCUT2D eigenvalue weighted by atomic mass is 10.1. The summed E-state index contributed by atoms with van der Waals surface area (Å²) < 4.78 is 5.36. The van der Waals surface area contributed by atoms with Gasteiger partial charge in [-0.05, 0) is 31.5 Å². The maximum atomic E-state index is 6.24. The first-order valence-corrected chi connectivity index (χ1v) is 7.11. The van der Waals surface area contributed by atoms with E-state index >= 15 is 0 Å². The highest BCUT2D eigenvalue weighted by Crippen LogP contribution is 2.26. The molecule has 0 amide bonds. The highest BCUT2D eigenvalue weighted by Gasteiger charge is 2.10. The van der Waals surface area contributed by atoms with Crippen LogP contribution in [0.25, 0.3) is 0 Å². The number of benzene rings is 2. The Morgan fingerprint density at radius 1 is 1.20 bits per heavy atom. The minimum absolute atomic E-state index is 0.260. The predicted octanol–water partition coefficient (Wildman–Crippen LogP) is 4.51. The third kappa shape index (κ3) is 3.53. The molecule has 0 aliphatic carbocycles. The van der Waals surface area contributed by atoms with E-state index in [2.05, 4.69) is 43.4 Å². The maximum Gasteiger partial charge on any atom is 0.124 e. The van der Waals surface area contributed by atoms with Crippen LogP contribution in [0.5, 0.6) is 5.75 Å². The van der Waals surface area contributed by atoms with Crippen molar-refractivity contribution in [2.75, 3.05) is 7.11 Å². The number of methoxy groups -OCH3 is 1. The number of ether oxygens (including phenoxy) is 1. The van der Waals surface area contributed by atoms with E-state index in [-0.39, 0.29) is 6.04 Å². The Morgan fingerprint density at radius 3 is 2.65 bits per heavy atom. The van der Waals surface area contributed by atoms with Gasteiger partial charge in [0.15, 0.2) is 0 Å². The normalized spacial score (nSPS) is 12.2. The summed E-state index contributed by atoms with van der Waals surface area (Å²) in [7, 11) is 1.67. The fraction of sp³-hybridized carbons (Fsp3) is 0.294. The van der Waals surface area contributed by atoms with Gasteiger partial charge in [0.2, 0.25) is 0 Å². The van der Waals surface area contributed by atoms with Gasteiger partial charge < -0.3 is 10.1 Å². The molecule has 106 valence electrons. The first-order chi connectivity index (χ1) is 9.61. The van der Waals surface area contributed by atoms with E-state index in [1.807, 2.05) is 18.2 Å². The molecule has 0 saturated carbocycles. The van der Waals surface area contributed by atoms with Gasteiger partial charge in [0.25, 0.3) is 0 Å². The Bertz CT molecular complexity index is 583. The van der Waals surface area contributed by atoms with E-state index in [9.17, 15) is 0 Å². The van der Waals surface area contributed by atoms with Gasteiger partial charge in [-0.15, -0.1) is 0 Å². The molecule has 1 unspecified atom stereocenters. The highest BCUT2D eigenvalue weighted by atomic mass is 35.5. The summed E-state index contributed by atoms with van der Waals surface area (Å²) in [6, 6.07) is 14.5. The molecule has 0 aliphatic heterocycles. The quantitative estimate of drug-likeness (QED) is 0.874. The van der Waals surface area contributed by atoms with Crippen LogP contribution in [0.3, 0.4) is 0 Å². The molecular weight excluding hydrogens is 270 g/mol. The van der Waals surface area contributed by atoms with Crippen LogP contribution in [-0.2, 0) is 6.54 Å². The van der Waals surface area contributed by atoms with Gasteiger partial charge in [-0.2, -0.15) is 0 Å². The lowest BCUT2D eigenvalue weighted by Gasteiger charge is -2.17. The number of hydrogen-bond acceptors (Lipinski definition) is 2. The molecule has 0 radical (unpaired) electrons. The fourth-order valence-corrected chi connectivity index (χ4v) is 2.45. The molecule has 1 atom stereocenters. The van der Waals surface area contributed by atoms with E-state index in [1.54, 1.807) is 7.11 Å². The van der Waals surface area contributed by atoms with Crippen molar-refractivity contribution in [3.8, 4) is 5.75 Å². The Kier molecular flexibility index (Phi) is 5.05. The third-order valence-corrected chi connectivity index (χ3v) is 3.78. The van der Waals surface area contributed by atoms with Crippen LogP contribution in [-0.4, -0.2) is 7.11 Å². The molecule has 2 aromatic carbocycles. The number of halogens is 1. The largest absolute Gasteiger partial charge is 0.496 e. The van der Waals surface area contributed by atoms with Gasteiger partial charge in [0.1, 0.15) is 5.75 Å². The SMILES string of the molecule is COc1cccc(Cl)c1CNC(C)c1cccc(C)c1. The minimum atomic E-state index is 0.260. The summed E-state index contributed by atoms with van der Waals surface area (Å²) in [5.41, 5.74) is 3.54. The summed E-state index contributed by atoms with van der Waals surface area (Å²) in [6.45, 7) is 4.93. The van der Waals surface area contributed by atoms with Crippen molar-refractivity contribution in [3.05, 3.63) is 64.2 Å². The zero-order chi connectivity index (χ0) is 14.5. The summed E-state index contributed by atoms with van der Waals surface area (Å²) in [6.07, 6.45) is 0. The molecule has 0 spiro atoms. The average Bonchev–Trinajstić information content (AvgIpc) is 2.45. The molecule has 2 nitrogen and oxygen atoms in total. The second-order valence-corrected chi connectivity index (χ2v) is 5.34. The van der Waals surface area contributed by atoms with E-state index in [0.717, 1.165) is 16.3 Å². The van der Waals surface area contributed by atoms with E-state index in [0.29, 0.717) is 6.54 Å². The van der Waals surface area contributed by atoms with Gasteiger partial charge in [-0.25, -0.2) is 0 Å². The monoisotopic (exact) mass is 289 g/mol. The fourth-order valence-electron chi connectivity index (χ4n) is 2.21. The lowest BCUT2D eigenvalue weighted by Crippen LogP contribution is -2.18. The van der Waals surface area contributed by atoms with E-state index in [1.165, 1.54) is 11.1 Å². The Hall–Kier alpha value is -1.51. The third-order valence-electron chi connectivity index (χ3n) is 3.42. The van der Waals surface area contributed by atoms with Gasteiger partial charge in [-0.3, -0.25) is 0 Å². The summed E-state index contributed by atoms with van der Waals surface area (Å²) in [5.74, 6) is 0.821. The second-order valence-electron chi connectivity index (χ2n) is 4.94. The second kappa shape index (κ2) is 6.78. The molecule has 0 bridgehead atoms. The molecule has 2 rings (SSSR count). The first kappa shape index (κ1) is 14.9. The van der Waals surface area contributed by atoms with Crippen molar-refractivity contribution in [1.29, 1.82) is 0 Å². The van der Waals surface area contributed by atoms with Crippen LogP contribution < -0.4 is 10.1 Å². The first-order valence-electron chi connectivity index (χ1n) is 6.73. The van der Waals surface area contributed by atoms with Gasteiger partial charge >= 0.3 is 0 Å². The van der Waals surface area contributed by atoms with Crippen LogP contribution in [0, 0.1) is 6.92 Å². The summed E-state index contributed by atoms with van der Waals surface area (Å²) in [4.78, 5) is 0. The average molecular weight is 290 g/mol. The highest BCUT2D eigenvalue weighted by molar-refractivity contribution is 6.31. The molecule has 20 heavy (non-hydrogen) atoms. The van der Waals surface area contributed by atoms with E-state index < -0.39 is 0 Å². The minimum Gasteiger partial charge on any atom is -0.496 e. The molecule has 0 saturated heterocycles. The number of hydrogen-bond donors (Lipinski definition) is 1. The lowest BCUT2D eigenvalue weighted by molar-refractivity contribution is 0.406. The molecule has 0 fully saturated rings. The predicted molar refractivity (Wildman–Crippen MR) is 84.4 cm³/mol. The summed E-state index contributed by atoms with van der Waals surface area (Å²) >= 11 is 6.24. The van der Waals surface area contributed by atoms with Crippen molar-refractivity contribution in [2.24, 2.45) is 0 Å². The molecule has 0 aliphatic rings. The van der Waals surface area contributed by atoms with Crippen molar-refractivity contribution < 1.29 is 4.74 Å². The van der Waals surface area contributed by atoms with Gasteiger partial charge in [0, 0.05) is 23.2 Å². The Morgan fingerprint density at radius 2 is 1.95 bits per heavy atom. The molecule has 3 heteroatoms. The zero-order valence-corrected chi connectivity index (χ0v) is 12.9. The van der Waals surface area contributed by atoms with Crippen molar-refractivity contribution in [1.82, 2.24) is 5.32 Å². The van der Waals surface area contributed by atoms with Crippen LogP contribution in [0.15, 0.2) is 42.5 Å². The van der Waals surface area contributed by atoms with Gasteiger partial charge in [-0.1, -0.05) is 47.5 Å². The van der Waals surface area contributed by atoms with Crippen LogP contribution >= 0.6 is 11.6 Å². The smallest absolute Gasteiger partial charge is 0.124 e. The van der Waals surface area contributed by atoms with Gasteiger partial charge in [0.05, 0.1) is 7.11 Å². The molecule has 2 aromatic rings. The van der Waals surface area contributed by atoms with Crippen LogP contribution in [0.4, 0.5) is 0 Å².